The lowest BCUT2D eigenvalue weighted by Crippen LogP contribution is -2.38. The third kappa shape index (κ3) is 3.74. The largest absolute Gasteiger partial charge is 0.353 e. The van der Waals surface area contributed by atoms with E-state index in [1.54, 1.807) is 6.07 Å². The maximum atomic E-state index is 13.1. The van der Waals surface area contributed by atoms with Gasteiger partial charge < -0.3 is 10.2 Å². The highest BCUT2D eigenvalue weighted by Gasteiger charge is 2.22. The second kappa shape index (κ2) is 7.69. The number of nitrogens with one attached hydrogen (secondary N) is 1. The molecule has 1 N–H and O–H groups in total. The molecule has 0 bridgehead atoms. The van der Waals surface area contributed by atoms with Crippen LogP contribution in [0.15, 0.2) is 35.1 Å². The fourth-order valence-electron chi connectivity index (χ4n) is 3.67. The first-order valence-corrected chi connectivity index (χ1v) is 10.0. The minimum absolute atomic E-state index is 0.0584. The summed E-state index contributed by atoms with van der Waals surface area (Å²) >= 11 is 0. The molecule has 1 atom stereocenters. The number of hydrogen-bond donors (Lipinski definition) is 1. The van der Waals surface area contributed by atoms with Crippen molar-refractivity contribution in [2.75, 3.05) is 11.4 Å². The summed E-state index contributed by atoms with van der Waals surface area (Å²) in [7, 11) is 0. The van der Waals surface area contributed by atoms with Gasteiger partial charge in [-0.15, -0.1) is 5.10 Å². The summed E-state index contributed by atoms with van der Waals surface area (Å²) < 4.78 is 2.73. The van der Waals surface area contributed by atoms with E-state index in [9.17, 15) is 9.59 Å². The van der Waals surface area contributed by atoms with E-state index < -0.39 is 0 Å². The van der Waals surface area contributed by atoms with Gasteiger partial charge >= 0.3 is 5.69 Å². The average Bonchev–Trinajstić information content (AvgIpc) is 3.01. The number of amides is 1. The molecule has 29 heavy (non-hydrogen) atoms. The lowest BCUT2D eigenvalue weighted by atomic mass is 10.0. The summed E-state index contributed by atoms with van der Waals surface area (Å²) in [4.78, 5) is 32.1. The third-order valence-corrected chi connectivity index (χ3v) is 5.41. The molecule has 1 aliphatic heterocycles. The van der Waals surface area contributed by atoms with E-state index in [1.807, 2.05) is 26.8 Å². The highest BCUT2D eigenvalue weighted by Crippen LogP contribution is 2.23. The first-order chi connectivity index (χ1) is 14.0. The van der Waals surface area contributed by atoms with E-state index in [2.05, 4.69) is 38.5 Å². The Morgan fingerprint density at radius 2 is 2.03 bits per heavy atom. The zero-order valence-electron chi connectivity index (χ0n) is 17.1. The smallest absolute Gasteiger partial charge is 0.352 e. The van der Waals surface area contributed by atoms with E-state index in [4.69, 9.17) is 0 Å². The monoisotopic (exact) mass is 394 g/mol. The van der Waals surface area contributed by atoms with Crippen LogP contribution in [0.4, 0.5) is 5.95 Å². The Morgan fingerprint density at radius 3 is 2.79 bits per heavy atom. The predicted octanol–water partition coefficient (Wildman–Crippen LogP) is 1.68. The van der Waals surface area contributed by atoms with Crippen molar-refractivity contribution in [1.29, 1.82) is 0 Å². The van der Waals surface area contributed by atoms with Gasteiger partial charge in [-0.2, -0.15) is 0 Å². The summed E-state index contributed by atoms with van der Waals surface area (Å²) in [5, 5.41) is 7.26. The summed E-state index contributed by atoms with van der Waals surface area (Å²) in [6, 6.07) is 10.2. The van der Waals surface area contributed by atoms with Crippen LogP contribution < -0.4 is 15.9 Å². The van der Waals surface area contributed by atoms with Crippen LogP contribution in [0.3, 0.4) is 0 Å². The molecule has 0 radical (unpaired) electrons. The van der Waals surface area contributed by atoms with Gasteiger partial charge in [0.25, 0.3) is 0 Å². The fraction of sp³-hybridized carbons (Fsp3) is 0.429. The first kappa shape index (κ1) is 19.2. The molecule has 0 spiro atoms. The normalized spacial score (nSPS) is 14.7. The van der Waals surface area contributed by atoms with Crippen molar-refractivity contribution in [1.82, 2.24) is 24.5 Å². The van der Waals surface area contributed by atoms with Gasteiger partial charge in [-0.25, -0.2) is 18.9 Å². The van der Waals surface area contributed by atoms with Crippen molar-refractivity contribution >= 4 is 17.5 Å². The summed E-state index contributed by atoms with van der Waals surface area (Å²) in [5.41, 5.74) is 3.52. The van der Waals surface area contributed by atoms with Crippen LogP contribution in [-0.4, -0.2) is 37.7 Å². The summed E-state index contributed by atoms with van der Waals surface area (Å²) in [6.45, 7) is 7.18. The van der Waals surface area contributed by atoms with Crippen molar-refractivity contribution in [3.8, 4) is 0 Å². The molecule has 0 saturated carbocycles. The molecule has 0 unspecified atom stereocenters. The van der Waals surface area contributed by atoms with Gasteiger partial charge in [0.15, 0.2) is 5.65 Å². The lowest BCUT2D eigenvalue weighted by molar-refractivity contribution is -0.122. The maximum Gasteiger partial charge on any atom is 0.353 e. The molecule has 2 aromatic heterocycles. The number of rotatable bonds is 5. The zero-order valence-corrected chi connectivity index (χ0v) is 17.1. The number of anilines is 1. The van der Waals surface area contributed by atoms with E-state index in [-0.39, 0.29) is 24.2 Å². The summed E-state index contributed by atoms with van der Waals surface area (Å²) in [5.74, 6) is 0.357. The second-order valence-corrected chi connectivity index (χ2v) is 7.65. The van der Waals surface area contributed by atoms with Crippen molar-refractivity contribution in [2.24, 2.45) is 0 Å². The second-order valence-electron chi connectivity index (χ2n) is 7.65. The molecule has 8 heteroatoms. The number of carbonyl (C=O) groups excluding carboxylic acids is 1. The van der Waals surface area contributed by atoms with Crippen LogP contribution >= 0.6 is 0 Å². The zero-order chi connectivity index (χ0) is 20.5. The molecule has 0 aliphatic carbocycles. The molecule has 1 aromatic carbocycles. The van der Waals surface area contributed by atoms with Crippen LogP contribution in [0.2, 0.25) is 0 Å². The van der Waals surface area contributed by atoms with Gasteiger partial charge in [-0.1, -0.05) is 31.2 Å². The molecule has 3 aromatic rings. The van der Waals surface area contributed by atoms with E-state index in [1.165, 1.54) is 20.2 Å². The molecule has 0 saturated heterocycles. The number of nitrogens with zero attached hydrogens (tertiary/aromatic N) is 5. The quantitative estimate of drug-likeness (QED) is 0.712. The molecule has 8 nitrogen and oxygen atoms in total. The molecule has 4 rings (SSSR count). The van der Waals surface area contributed by atoms with Gasteiger partial charge in [0, 0.05) is 30.9 Å². The van der Waals surface area contributed by atoms with Crippen molar-refractivity contribution < 1.29 is 4.79 Å². The first-order valence-electron chi connectivity index (χ1n) is 10.0. The molecule has 3 heterocycles. The Kier molecular flexibility index (Phi) is 5.08. The highest BCUT2D eigenvalue weighted by atomic mass is 16.2. The standard InChI is InChI=1S/C21H26N6O2/c1-4-14(2)22-19(28)13-26-21(29)27-18(24-26)11-15(3)23-20(27)25-10-9-16-7-5-6-8-17(16)12-25/h5-8,11,14H,4,9-10,12-13H2,1-3H3,(H,22,28)/t14-/m1/s1. The SMILES string of the molecule is CC[C@@H](C)NC(=O)Cn1nc2cc(C)nc(N3CCc4ccccc4C3)n2c1=O. The van der Waals surface area contributed by atoms with Crippen LogP contribution in [0.1, 0.15) is 37.1 Å². The van der Waals surface area contributed by atoms with Crippen molar-refractivity contribution in [3.05, 3.63) is 57.6 Å². The van der Waals surface area contributed by atoms with E-state index >= 15 is 0 Å². The number of aryl methyl sites for hydroxylation is 1. The number of carbonyl (C=O) groups is 1. The number of aromatic nitrogens is 4. The number of hydrogen-bond acceptors (Lipinski definition) is 5. The van der Waals surface area contributed by atoms with Gasteiger partial charge in [0.05, 0.1) is 0 Å². The Hall–Kier alpha value is -3.16. The van der Waals surface area contributed by atoms with Crippen LogP contribution in [-0.2, 0) is 24.3 Å². The average molecular weight is 394 g/mol. The van der Waals surface area contributed by atoms with Crippen LogP contribution in [0.5, 0.6) is 0 Å². The number of benzene rings is 1. The van der Waals surface area contributed by atoms with Gasteiger partial charge in [0.2, 0.25) is 11.9 Å². The minimum Gasteiger partial charge on any atom is -0.352 e. The fourth-order valence-corrected chi connectivity index (χ4v) is 3.67. The molecule has 1 aliphatic rings. The van der Waals surface area contributed by atoms with Crippen LogP contribution in [0, 0.1) is 6.92 Å². The third-order valence-electron chi connectivity index (χ3n) is 5.41. The molecule has 152 valence electrons. The molecular weight excluding hydrogens is 368 g/mol. The minimum atomic E-state index is -0.347. The Morgan fingerprint density at radius 1 is 1.28 bits per heavy atom. The molecule has 1 amide bonds. The Balaban J connectivity index is 1.70. The van der Waals surface area contributed by atoms with Crippen LogP contribution in [0.25, 0.3) is 5.65 Å². The van der Waals surface area contributed by atoms with Gasteiger partial charge in [0.1, 0.15) is 6.54 Å². The van der Waals surface area contributed by atoms with Crippen molar-refractivity contribution in [2.45, 2.75) is 52.7 Å². The predicted molar refractivity (Wildman–Crippen MR) is 111 cm³/mol. The highest BCUT2D eigenvalue weighted by molar-refractivity contribution is 5.76. The molecular formula is C21H26N6O2. The molecule has 0 fully saturated rings. The summed E-state index contributed by atoms with van der Waals surface area (Å²) in [6.07, 6.45) is 1.73. The number of fused-ring (bicyclic) bond motifs is 2. The van der Waals surface area contributed by atoms with Gasteiger partial charge in [-0.3, -0.25) is 4.79 Å². The van der Waals surface area contributed by atoms with E-state index in [0.29, 0.717) is 18.1 Å². The Labute approximate surface area is 169 Å². The topological polar surface area (TPSA) is 84.5 Å². The van der Waals surface area contributed by atoms with Crippen molar-refractivity contribution in [3.63, 3.8) is 0 Å². The lowest BCUT2D eigenvalue weighted by Gasteiger charge is -2.29. The van der Waals surface area contributed by atoms with E-state index in [0.717, 1.165) is 25.1 Å². The Bertz CT molecular complexity index is 1120. The van der Waals surface area contributed by atoms with Gasteiger partial charge in [-0.05, 0) is 37.8 Å². The maximum absolute atomic E-state index is 13.1.